The van der Waals surface area contributed by atoms with Gasteiger partial charge < -0.3 is 15.4 Å². The van der Waals surface area contributed by atoms with Crippen LogP contribution >= 0.6 is 0 Å². The van der Waals surface area contributed by atoms with Crippen LogP contribution in [-0.2, 0) is 9.53 Å². The average molecular weight is 292 g/mol. The van der Waals surface area contributed by atoms with Crippen LogP contribution in [0.1, 0.15) is 39.3 Å². The molecule has 1 aromatic rings. The molecule has 2 unspecified atom stereocenters. The van der Waals surface area contributed by atoms with Crippen LogP contribution in [0.15, 0.2) is 30.3 Å². The number of nitrogens with one attached hydrogen (secondary N) is 2. The molecule has 0 radical (unpaired) electrons. The van der Waals surface area contributed by atoms with E-state index in [0.717, 1.165) is 5.56 Å². The molecule has 0 aliphatic heterocycles. The second kappa shape index (κ2) is 8.29. The molecule has 0 saturated carbocycles. The molecule has 0 aliphatic rings. The van der Waals surface area contributed by atoms with Gasteiger partial charge in [-0.25, -0.2) is 4.79 Å². The Balaban J connectivity index is 2.42. The van der Waals surface area contributed by atoms with Gasteiger partial charge in [-0.15, -0.1) is 0 Å². The van der Waals surface area contributed by atoms with Gasteiger partial charge in [-0.2, -0.15) is 0 Å². The first-order valence-corrected chi connectivity index (χ1v) is 7.18. The van der Waals surface area contributed by atoms with Gasteiger partial charge in [-0.3, -0.25) is 4.79 Å². The summed E-state index contributed by atoms with van der Waals surface area (Å²) in [6.45, 7) is 7.76. The Hall–Kier alpha value is -2.04. The molecular weight excluding hydrogens is 268 g/mol. The normalized spacial score (nSPS) is 13.4. The summed E-state index contributed by atoms with van der Waals surface area (Å²) in [7, 11) is 0. The van der Waals surface area contributed by atoms with Crippen molar-refractivity contribution < 1.29 is 14.3 Å². The van der Waals surface area contributed by atoms with Crippen molar-refractivity contribution in [3.05, 3.63) is 35.9 Å². The number of rotatable bonds is 6. The summed E-state index contributed by atoms with van der Waals surface area (Å²) in [4.78, 5) is 23.5. The van der Waals surface area contributed by atoms with Crippen LogP contribution in [0, 0.1) is 5.92 Å². The number of carbonyl (C=O) groups excluding carboxylic acids is 2. The summed E-state index contributed by atoms with van der Waals surface area (Å²) in [5.41, 5.74) is 1.01. The minimum absolute atomic E-state index is 0.116. The number of carbonyl (C=O) groups is 2. The zero-order valence-electron chi connectivity index (χ0n) is 13.1. The molecule has 1 aromatic carbocycles. The summed E-state index contributed by atoms with van der Waals surface area (Å²) in [5, 5.41) is 5.38. The fourth-order valence-corrected chi connectivity index (χ4v) is 1.69. The Bertz CT molecular complexity index is 460. The Kier molecular flexibility index (Phi) is 6.72. The van der Waals surface area contributed by atoms with Crippen molar-refractivity contribution in [3.8, 4) is 0 Å². The molecule has 0 bridgehead atoms. The predicted molar refractivity (Wildman–Crippen MR) is 81.8 cm³/mol. The van der Waals surface area contributed by atoms with Gasteiger partial charge >= 0.3 is 6.09 Å². The number of hydrogen-bond donors (Lipinski definition) is 2. The van der Waals surface area contributed by atoms with Gasteiger partial charge in [-0.05, 0) is 25.3 Å². The highest BCUT2D eigenvalue weighted by molar-refractivity contribution is 5.85. The van der Waals surface area contributed by atoms with E-state index in [-0.39, 0.29) is 17.9 Å². The first-order chi connectivity index (χ1) is 9.90. The zero-order valence-corrected chi connectivity index (χ0v) is 13.1. The molecular formula is C16H24N2O3. The topological polar surface area (TPSA) is 67.4 Å². The molecule has 2 N–H and O–H groups in total. The number of hydrogen-bond acceptors (Lipinski definition) is 3. The summed E-state index contributed by atoms with van der Waals surface area (Å²) in [5.74, 6) is 0.0193. The van der Waals surface area contributed by atoms with Gasteiger partial charge in [0.2, 0.25) is 5.91 Å². The third kappa shape index (κ3) is 6.29. The SMILES string of the molecule is CC(C)COC(=O)NC(C)C(=O)NC(C)c1ccccc1. The van der Waals surface area contributed by atoms with Crippen molar-refractivity contribution in [3.63, 3.8) is 0 Å². The third-order valence-electron chi connectivity index (χ3n) is 2.93. The average Bonchev–Trinajstić information content (AvgIpc) is 2.45. The van der Waals surface area contributed by atoms with Crippen LogP contribution in [0.4, 0.5) is 4.79 Å². The molecule has 2 atom stereocenters. The van der Waals surface area contributed by atoms with Crippen molar-refractivity contribution >= 4 is 12.0 Å². The zero-order chi connectivity index (χ0) is 15.8. The highest BCUT2D eigenvalue weighted by Gasteiger charge is 2.18. The van der Waals surface area contributed by atoms with Crippen LogP contribution in [0.5, 0.6) is 0 Å². The number of benzene rings is 1. The highest BCUT2D eigenvalue weighted by atomic mass is 16.5. The van der Waals surface area contributed by atoms with E-state index >= 15 is 0 Å². The number of amides is 2. The second-order valence-corrected chi connectivity index (χ2v) is 5.50. The van der Waals surface area contributed by atoms with Crippen LogP contribution in [0.3, 0.4) is 0 Å². The molecule has 5 heteroatoms. The van der Waals surface area contributed by atoms with E-state index in [9.17, 15) is 9.59 Å². The smallest absolute Gasteiger partial charge is 0.407 e. The molecule has 2 amide bonds. The lowest BCUT2D eigenvalue weighted by molar-refractivity contribution is -0.123. The Labute approximate surface area is 126 Å². The van der Waals surface area contributed by atoms with Crippen molar-refractivity contribution in [2.24, 2.45) is 5.92 Å². The Morgan fingerprint density at radius 2 is 1.67 bits per heavy atom. The van der Waals surface area contributed by atoms with Gasteiger partial charge in [0.1, 0.15) is 6.04 Å². The maximum atomic E-state index is 12.0. The minimum Gasteiger partial charge on any atom is -0.449 e. The lowest BCUT2D eigenvalue weighted by Crippen LogP contribution is -2.45. The molecule has 0 saturated heterocycles. The summed E-state index contributed by atoms with van der Waals surface area (Å²) >= 11 is 0. The summed E-state index contributed by atoms with van der Waals surface area (Å²) in [6.07, 6.45) is -0.571. The van der Waals surface area contributed by atoms with E-state index < -0.39 is 12.1 Å². The van der Waals surface area contributed by atoms with Gasteiger partial charge in [0.15, 0.2) is 0 Å². The first-order valence-electron chi connectivity index (χ1n) is 7.18. The standard InChI is InChI=1S/C16H24N2O3/c1-11(2)10-21-16(20)18-13(4)15(19)17-12(3)14-8-6-5-7-9-14/h5-9,11-13H,10H2,1-4H3,(H,17,19)(H,18,20). The molecule has 0 fully saturated rings. The van der Waals surface area contributed by atoms with Crippen molar-refractivity contribution in [2.75, 3.05) is 6.61 Å². The van der Waals surface area contributed by atoms with E-state index in [1.54, 1.807) is 6.92 Å². The predicted octanol–water partition coefficient (Wildman–Crippen LogP) is 2.63. The van der Waals surface area contributed by atoms with Crippen molar-refractivity contribution in [1.82, 2.24) is 10.6 Å². The minimum atomic E-state index is -0.643. The molecule has 21 heavy (non-hydrogen) atoms. The maximum absolute atomic E-state index is 12.0. The Morgan fingerprint density at radius 1 is 1.05 bits per heavy atom. The molecule has 0 heterocycles. The monoisotopic (exact) mass is 292 g/mol. The van der Waals surface area contributed by atoms with E-state index in [1.807, 2.05) is 51.1 Å². The van der Waals surface area contributed by atoms with Gasteiger partial charge in [0, 0.05) is 0 Å². The van der Waals surface area contributed by atoms with E-state index in [0.29, 0.717) is 6.61 Å². The van der Waals surface area contributed by atoms with E-state index in [1.165, 1.54) is 0 Å². The van der Waals surface area contributed by atoms with Crippen molar-refractivity contribution in [1.29, 1.82) is 0 Å². The highest BCUT2D eigenvalue weighted by Crippen LogP contribution is 2.11. The van der Waals surface area contributed by atoms with Gasteiger partial charge in [0.05, 0.1) is 12.6 Å². The van der Waals surface area contributed by atoms with Crippen molar-refractivity contribution in [2.45, 2.75) is 39.8 Å². The molecule has 5 nitrogen and oxygen atoms in total. The van der Waals surface area contributed by atoms with Crippen LogP contribution in [0.2, 0.25) is 0 Å². The van der Waals surface area contributed by atoms with Crippen LogP contribution in [-0.4, -0.2) is 24.6 Å². The summed E-state index contributed by atoms with van der Waals surface area (Å²) < 4.78 is 4.98. The molecule has 0 spiro atoms. The number of ether oxygens (including phenoxy) is 1. The van der Waals surface area contributed by atoms with Crippen LogP contribution in [0.25, 0.3) is 0 Å². The Morgan fingerprint density at radius 3 is 2.24 bits per heavy atom. The first kappa shape index (κ1) is 17.0. The molecule has 0 aliphatic carbocycles. The lowest BCUT2D eigenvalue weighted by atomic mass is 10.1. The number of alkyl carbamates (subject to hydrolysis) is 1. The largest absolute Gasteiger partial charge is 0.449 e. The van der Waals surface area contributed by atoms with Gasteiger partial charge in [-0.1, -0.05) is 44.2 Å². The quantitative estimate of drug-likeness (QED) is 0.847. The maximum Gasteiger partial charge on any atom is 0.407 e. The lowest BCUT2D eigenvalue weighted by Gasteiger charge is -2.19. The molecule has 116 valence electrons. The van der Waals surface area contributed by atoms with Crippen LogP contribution < -0.4 is 10.6 Å². The fraction of sp³-hybridized carbons (Fsp3) is 0.500. The van der Waals surface area contributed by atoms with Gasteiger partial charge in [0.25, 0.3) is 0 Å². The molecule has 1 rings (SSSR count). The van der Waals surface area contributed by atoms with E-state index in [2.05, 4.69) is 10.6 Å². The molecule has 0 aromatic heterocycles. The van der Waals surface area contributed by atoms with E-state index in [4.69, 9.17) is 4.74 Å². The third-order valence-corrected chi connectivity index (χ3v) is 2.93. The second-order valence-electron chi connectivity index (χ2n) is 5.50. The summed E-state index contributed by atoms with van der Waals surface area (Å²) in [6, 6.07) is 8.89. The fourth-order valence-electron chi connectivity index (χ4n) is 1.69.